The molecule has 3 aromatic carbocycles. The molecular formula is C25H26N2O3. The Morgan fingerprint density at radius 1 is 0.967 bits per heavy atom. The minimum atomic E-state index is -0.260. The minimum Gasteiger partial charge on any atom is -0.493 e. The van der Waals surface area contributed by atoms with Gasteiger partial charge in [-0.05, 0) is 42.3 Å². The minimum absolute atomic E-state index is 0.0269. The molecule has 1 heterocycles. The van der Waals surface area contributed by atoms with Crippen molar-refractivity contribution >= 4 is 11.6 Å². The molecule has 0 aliphatic carbocycles. The summed E-state index contributed by atoms with van der Waals surface area (Å²) in [6, 6.07) is 23.7. The van der Waals surface area contributed by atoms with Crippen LogP contribution in [-0.4, -0.2) is 31.1 Å². The van der Waals surface area contributed by atoms with Crippen LogP contribution >= 0.6 is 0 Å². The van der Waals surface area contributed by atoms with E-state index < -0.39 is 0 Å². The fourth-order valence-electron chi connectivity index (χ4n) is 3.78. The maximum atomic E-state index is 13.0. The van der Waals surface area contributed by atoms with Gasteiger partial charge in [-0.25, -0.2) is 0 Å². The molecule has 0 saturated heterocycles. The van der Waals surface area contributed by atoms with E-state index in [2.05, 4.69) is 17.4 Å². The molecule has 1 aliphatic rings. The van der Waals surface area contributed by atoms with Gasteiger partial charge in [-0.1, -0.05) is 48.5 Å². The first kappa shape index (κ1) is 19.8. The Bertz CT molecular complexity index is 1020. The molecule has 0 fully saturated rings. The number of ether oxygens (including phenoxy) is 2. The topological polar surface area (TPSA) is 50.8 Å². The number of nitrogens with zero attached hydrogens (tertiary/aromatic N) is 1. The molecule has 0 aromatic heterocycles. The Labute approximate surface area is 177 Å². The molecule has 0 spiro atoms. The summed E-state index contributed by atoms with van der Waals surface area (Å²) in [5.41, 5.74) is 3.73. The maximum Gasteiger partial charge on any atom is 0.257 e. The average molecular weight is 402 g/mol. The number of benzene rings is 3. The van der Waals surface area contributed by atoms with Crippen LogP contribution in [0.2, 0.25) is 0 Å². The first-order valence-electron chi connectivity index (χ1n) is 10.2. The molecule has 3 aromatic rings. The van der Waals surface area contributed by atoms with Crippen LogP contribution in [0.25, 0.3) is 0 Å². The number of carbonyl (C=O) groups excluding carboxylic acids is 1. The van der Waals surface area contributed by atoms with E-state index in [-0.39, 0.29) is 12.1 Å². The molecule has 0 saturated carbocycles. The van der Waals surface area contributed by atoms with Crippen LogP contribution in [0, 0.1) is 0 Å². The highest BCUT2D eigenvalue weighted by atomic mass is 16.5. The Balaban J connectivity index is 1.54. The lowest BCUT2D eigenvalue weighted by Crippen LogP contribution is -2.42. The standard InChI is InChI=1S/C25H26N2O3/c1-3-27-24(26-21-12-8-7-11-20(21)25(27)28)19-13-14-22(23(17-19)29-2)30-16-15-18-9-5-4-6-10-18/h4-14,17,24,26H,3,15-16H2,1-2H3. The van der Waals surface area contributed by atoms with Crippen molar-refractivity contribution in [1.82, 2.24) is 4.90 Å². The molecule has 1 unspecified atom stereocenters. The molecule has 1 amide bonds. The third kappa shape index (κ3) is 3.96. The van der Waals surface area contributed by atoms with Gasteiger partial charge in [0.05, 0.1) is 19.3 Å². The van der Waals surface area contributed by atoms with Crippen molar-refractivity contribution in [2.75, 3.05) is 25.6 Å². The molecule has 5 nitrogen and oxygen atoms in total. The van der Waals surface area contributed by atoms with Crippen molar-refractivity contribution in [3.8, 4) is 11.5 Å². The average Bonchev–Trinajstić information content (AvgIpc) is 2.80. The van der Waals surface area contributed by atoms with E-state index in [1.165, 1.54) is 5.56 Å². The van der Waals surface area contributed by atoms with Gasteiger partial charge in [0.15, 0.2) is 11.5 Å². The zero-order chi connectivity index (χ0) is 20.9. The number of fused-ring (bicyclic) bond motifs is 1. The zero-order valence-corrected chi connectivity index (χ0v) is 17.3. The van der Waals surface area contributed by atoms with Crippen LogP contribution in [-0.2, 0) is 6.42 Å². The van der Waals surface area contributed by atoms with Gasteiger partial charge in [0.25, 0.3) is 5.91 Å². The van der Waals surface area contributed by atoms with E-state index in [0.29, 0.717) is 30.2 Å². The number of amides is 1. The molecule has 5 heteroatoms. The summed E-state index contributed by atoms with van der Waals surface area (Å²) in [6.07, 6.45) is 0.565. The highest BCUT2D eigenvalue weighted by Crippen LogP contribution is 2.36. The number of carbonyl (C=O) groups is 1. The molecular weight excluding hydrogens is 376 g/mol. The van der Waals surface area contributed by atoms with Gasteiger partial charge in [-0.15, -0.1) is 0 Å². The number of anilines is 1. The van der Waals surface area contributed by atoms with Gasteiger partial charge in [0.1, 0.15) is 6.17 Å². The normalized spacial score (nSPS) is 15.3. The molecule has 30 heavy (non-hydrogen) atoms. The lowest BCUT2D eigenvalue weighted by atomic mass is 10.0. The molecule has 0 radical (unpaired) electrons. The van der Waals surface area contributed by atoms with E-state index in [9.17, 15) is 4.79 Å². The summed E-state index contributed by atoms with van der Waals surface area (Å²) in [7, 11) is 1.63. The van der Waals surface area contributed by atoms with Gasteiger partial charge < -0.3 is 19.7 Å². The Morgan fingerprint density at radius 2 is 1.73 bits per heavy atom. The number of nitrogens with one attached hydrogen (secondary N) is 1. The second-order valence-corrected chi connectivity index (χ2v) is 7.18. The van der Waals surface area contributed by atoms with E-state index in [4.69, 9.17) is 9.47 Å². The van der Waals surface area contributed by atoms with Crippen molar-refractivity contribution in [2.45, 2.75) is 19.5 Å². The molecule has 154 valence electrons. The van der Waals surface area contributed by atoms with Crippen LogP contribution in [0.3, 0.4) is 0 Å². The third-order valence-corrected chi connectivity index (χ3v) is 5.36. The predicted molar refractivity (Wildman–Crippen MR) is 118 cm³/mol. The number of methoxy groups -OCH3 is 1. The zero-order valence-electron chi connectivity index (χ0n) is 17.3. The van der Waals surface area contributed by atoms with Crippen LogP contribution in [0.15, 0.2) is 72.8 Å². The second-order valence-electron chi connectivity index (χ2n) is 7.18. The van der Waals surface area contributed by atoms with Crippen molar-refractivity contribution < 1.29 is 14.3 Å². The van der Waals surface area contributed by atoms with Crippen LogP contribution in [0.5, 0.6) is 11.5 Å². The summed E-state index contributed by atoms with van der Waals surface area (Å²) in [5.74, 6) is 1.38. The summed E-state index contributed by atoms with van der Waals surface area (Å²) in [5, 5.41) is 3.49. The molecule has 1 N–H and O–H groups in total. The number of hydrogen-bond donors (Lipinski definition) is 1. The smallest absolute Gasteiger partial charge is 0.257 e. The SMILES string of the molecule is CCN1C(=O)c2ccccc2NC1c1ccc(OCCc2ccccc2)c(OC)c1. The number of hydrogen-bond acceptors (Lipinski definition) is 4. The fourth-order valence-corrected chi connectivity index (χ4v) is 3.78. The van der Waals surface area contributed by atoms with E-state index in [0.717, 1.165) is 17.7 Å². The Morgan fingerprint density at radius 3 is 2.50 bits per heavy atom. The summed E-state index contributed by atoms with van der Waals surface area (Å²) < 4.78 is 11.6. The van der Waals surface area contributed by atoms with Crippen molar-refractivity contribution in [3.63, 3.8) is 0 Å². The highest BCUT2D eigenvalue weighted by molar-refractivity contribution is 6.01. The first-order chi connectivity index (χ1) is 14.7. The van der Waals surface area contributed by atoms with Gasteiger partial charge in [0.2, 0.25) is 0 Å². The van der Waals surface area contributed by atoms with Gasteiger partial charge >= 0.3 is 0 Å². The fraction of sp³-hybridized carbons (Fsp3) is 0.240. The van der Waals surface area contributed by atoms with Gasteiger partial charge in [0, 0.05) is 18.7 Å². The molecule has 0 bridgehead atoms. The van der Waals surface area contributed by atoms with Crippen molar-refractivity contribution in [1.29, 1.82) is 0 Å². The van der Waals surface area contributed by atoms with E-state index >= 15 is 0 Å². The lowest BCUT2D eigenvalue weighted by Gasteiger charge is -2.37. The molecule has 1 aliphatic heterocycles. The summed E-state index contributed by atoms with van der Waals surface area (Å²) >= 11 is 0. The summed E-state index contributed by atoms with van der Waals surface area (Å²) in [6.45, 7) is 3.15. The van der Waals surface area contributed by atoms with Crippen LogP contribution in [0.1, 0.15) is 34.6 Å². The largest absolute Gasteiger partial charge is 0.493 e. The third-order valence-electron chi connectivity index (χ3n) is 5.36. The van der Waals surface area contributed by atoms with E-state index in [1.807, 2.05) is 72.5 Å². The first-order valence-corrected chi connectivity index (χ1v) is 10.2. The van der Waals surface area contributed by atoms with Crippen molar-refractivity contribution in [3.05, 3.63) is 89.5 Å². The lowest BCUT2D eigenvalue weighted by molar-refractivity contribution is 0.0694. The monoisotopic (exact) mass is 402 g/mol. The van der Waals surface area contributed by atoms with Crippen LogP contribution in [0.4, 0.5) is 5.69 Å². The van der Waals surface area contributed by atoms with Gasteiger partial charge in [-0.2, -0.15) is 0 Å². The van der Waals surface area contributed by atoms with Gasteiger partial charge in [-0.3, -0.25) is 4.79 Å². The van der Waals surface area contributed by atoms with Crippen LogP contribution < -0.4 is 14.8 Å². The number of rotatable bonds is 7. The Hall–Kier alpha value is -3.47. The highest BCUT2D eigenvalue weighted by Gasteiger charge is 2.32. The maximum absolute atomic E-state index is 13.0. The van der Waals surface area contributed by atoms with E-state index in [1.54, 1.807) is 7.11 Å². The summed E-state index contributed by atoms with van der Waals surface area (Å²) in [4.78, 5) is 14.8. The quantitative estimate of drug-likeness (QED) is 0.611. The number of para-hydroxylation sites is 1. The molecule has 4 rings (SSSR count). The van der Waals surface area contributed by atoms with Crippen molar-refractivity contribution in [2.24, 2.45) is 0 Å². The predicted octanol–water partition coefficient (Wildman–Crippen LogP) is 4.90. The second kappa shape index (κ2) is 8.91. The Kier molecular flexibility index (Phi) is 5.89. The molecule has 1 atom stereocenters.